The van der Waals surface area contributed by atoms with E-state index in [1.807, 2.05) is 0 Å². The Morgan fingerprint density at radius 2 is 1.19 bits per heavy atom. The van der Waals surface area contributed by atoms with Gasteiger partial charge >= 0.3 is 0 Å². The molecule has 0 aliphatic heterocycles. The minimum Gasteiger partial charge on any atom is -0.457 e. The van der Waals surface area contributed by atoms with Crippen molar-refractivity contribution in [2.45, 2.75) is 32.1 Å². The third kappa shape index (κ3) is 4.15. The molecule has 9 aromatic rings. The van der Waals surface area contributed by atoms with Crippen molar-refractivity contribution < 1.29 is 4.74 Å². The molecule has 3 aliphatic rings. The molecule has 0 aromatic heterocycles. The molecule has 1 heteroatoms. The van der Waals surface area contributed by atoms with E-state index >= 15 is 0 Å². The Morgan fingerprint density at radius 1 is 0.519 bits per heavy atom. The minimum atomic E-state index is -0.129. The lowest BCUT2D eigenvalue weighted by atomic mass is 9.78. The van der Waals surface area contributed by atoms with Crippen molar-refractivity contribution in [3.05, 3.63) is 179 Å². The summed E-state index contributed by atoms with van der Waals surface area (Å²) in [5, 5.41) is 10.3. The number of hydrogen-bond donors (Lipinski definition) is 0. The molecular weight excluding hydrogens is 653 g/mol. The van der Waals surface area contributed by atoms with Crippen LogP contribution in [0.25, 0.3) is 88.1 Å². The smallest absolute Gasteiger partial charge is 0.135 e. The van der Waals surface area contributed by atoms with Gasteiger partial charge in [0.05, 0.1) is 0 Å². The zero-order valence-electron chi connectivity index (χ0n) is 30.3. The maximum Gasteiger partial charge on any atom is 0.135 e. The molecule has 12 rings (SSSR count). The van der Waals surface area contributed by atoms with Crippen LogP contribution < -0.4 is 4.74 Å². The van der Waals surface area contributed by atoms with Crippen LogP contribution in [0.1, 0.15) is 48.1 Å². The fraction of sp³-hybridized carbons (Fsp3) is 0.0943. The van der Waals surface area contributed by atoms with Crippen LogP contribution in [-0.2, 0) is 11.8 Å². The predicted molar refractivity (Wildman–Crippen MR) is 228 cm³/mol. The Morgan fingerprint density at radius 3 is 2.00 bits per heavy atom. The van der Waals surface area contributed by atoms with Crippen molar-refractivity contribution in [2.24, 2.45) is 0 Å². The van der Waals surface area contributed by atoms with Crippen LogP contribution in [-0.4, -0.2) is 0 Å². The molecule has 0 fully saturated rings. The van der Waals surface area contributed by atoms with Crippen LogP contribution in [0.5, 0.6) is 11.5 Å². The Hall–Kier alpha value is -6.44. The molecule has 0 saturated carbocycles. The van der Waals surface area contributed by atoms with E-state index < -0.39 is 0 Å². The van der Waals surface area contributed by atoms with Gasteiger partial charge in [-0.05, 0) is 148 Å². The van der Waals surface area contributed by atoms with E-state index in [0.29, 0.717) is 0 Å². The molecule has 0 saturated heterocycles. The lowest BCUT2D eigenvalue weighted by Gasteiger charge is -2.25. The SMILES string of the molecule is CC1(C)c2cc(-c3ccc(Oc4ccc5ccc6cccc7ccc4c5c67)cc3)ccc2-c2ccc(-c3ccc4c5c6c(ccc35)C=CCC6=CC4)cc21. The second-order valence-corrected chi connectivity index (χ2v) is 16.0. The highest BCUT2D eigenvalue weighted by Gasteiger charge is 2.36. The first kappa shape index (κ1) is 30.1. The first-order valence-electron chi connectivity index (χ1n) is 19.2. The minimum absolute atomic E-state index is 0.129. The number of benzene rings is 9. The lowest BCUT2D eigenvalue weighted by molar-refractivity contribution is 0.488. The normalized spacial score (nSPS) is 14.9. The first-order chi connectivity index (χ1) is 26.5. The summed E-state index contributed by atoms with van der Waals surface area (Å²) in [5.74, 6) is 1.72. The zero-order chi connectivity index (χ0) is 35.7. The van der Waals surface area contributed by atoms with Gasteiger partial charge in [0.1, 0.15) is 11.5 Å². The Balaban J connectivity index is 0.872. The molecule has 0 atom stereocenters. The summed E-state index contributed by atoms with van der Waals surface area (Å²) in [5.41, 5.74) is 16.1. The zero-order valence-corrected chi connectivity index (χ0v) is 30.3. The van der Waals surface area contributed by atoms with Crippen LogP contribution in [0.3, 0.4) is 0 Å². The van der Waals surface area contributed by atoms with Crippen LogP contribution in [0.2, 0.25) is 0 Å². The van der Waals surface area contributed by atoms with Crippen molar-refractivity contribution in [1.29, 1.82) is 0 Å². The third-order valence-electron chi connectivity index (χ3n) is 12.7. The van der Waals surface area contributed by atoms with Gasteiger partial charge < -0.3 is 4.74 Å². The number of hydrogen-bond acceptors (Lipinski definition) is 1. The van der Waals surface area contributed by atoms with Crippen molar-refractivity contribution in [2.75, 3.05) is 0 Å². The van der Waals surface area contributed by atoms with Gasteiger partial charge in [0.2, 0.25) is 0 Å². The Kier molecular flexibility index (Phi) is 6.02. The summed E-state index contributed by atoms with van der Waals surface area (Å²) in [6, 6.07) is 51.8. The van der Waals surface area contributed by atoms with Crippen LogP contribution >= 0.6 is 0 Å². The average Bonchev–Trinajstić information content (AvgIpc) is 3.44. The maximum atomic E-state index is 6.59. The maximum absolute atomic E-state index is 6.59. The van der Waals surface area contributed by atoms with Crippen LogP contribution in [0.15, 0.2) is 152 Å². The van der Waals surface area contributed by atoms with Gasteiger partial charge in [-0.2, -0.15) is 0 Å². The van der Waals surface area contributed by atoms with Crippen molar-refractivity contribution >= 4 is 54.7 Å². The molecule has 0 amide bonds. The quantitative estimate of drug-likeness (QED) is 0.167. The van der Waals surface area contributed by atoms with E-state index in [1.54, 1.807) is 0 Å². The first-order valence-corrected chi connectivity index (χ1v) is 19.2. The summed E-state index contributed by atoms with van der Waals surface area (Å²) < 4.78 is 6.59. The largest absolute Gasteiger partial charge is 0.457 e. The molecule has 0 unspecified atom stereocenters. The standard InChI is InChI=1S/C53H36O/c1-53(2)46-29-38(31-13-21-40(22-14-31)54-48-28-20-37-12-10-33-6-4-8-35-17-27-45(48)52(37)50(33)35)18-24-42(46)43-25-19-39(30-47(43)53)41-23-15-36-11-9-32-5-3-7-34-16-26-44(41)51(36)49(32)34/h3-4,6-10,12-30H,5,11H2,1-2H3. The van der Waals surface area contributed by atoms with E-state index in [1.165, 1.54) is 104 Å². The van der Waals surface area contributed by atoms with Crippen molar-refractivity contribution in [3.63, 3.8) is 0 Å². The second kappa shape index (κ2) is 10.8. The van der Waals surface area contributed by atoms with Gasteiger partial charge in [0.25, 0.3) is 0 Å². The van der Waals surface area contributed by atoms with Gasteiger partial charge in [-0.1, -0.05) is 135 Å². The van der Waals surface area contributed by atoms with E-state index in [0.717, 1.165) is 29.7 Å². The average molecular weight is 689 g/mol. The fourth-order valence-corrected chi connectivity index (χ4v) is 10.00. The molecule has 254 valence electrons. The van der Waals surface area contributed by atoms with Crippen molar-refractivity contribution in [3.8, 4) is 44.9 Å². The van der Waals surface area contributed by atoms with Crippen LogP contribution in [0, 0.1) is 0 Å². The molecule has 0 N–H and O–H groups in total. The highest BCUT2D eigenvalue weighted by Crippen LogP contribution is 2.52. The fourth-order valence-electron chi connectivity index (χ4n) is 10.00. The molecule has 0 bridgehead atoms. The topological polar surface area (TPSA) is 9.23 Å². The second-order valence-electron chi connectivity index (χ2n) is 16.0. The van der Waals surface area contributed by atoms with Crippen LogP contribution in [0.4, 0.5) is 0 Å². The van der Waals surface area contributed by atoms with Gasteiger partial charge in [-0.25, -0.2) is 0 Å². The summed E-state index contributed by atoms with van der Waals surface area (Å²) >= 11 is 0. The lowest BCUT2D eigenvalue weighted by Crippen LogP contribution is -2.15. The number of allylic oxidation sites excluding steroid dienone is 3. The predicted octanol–water partition coefficient (Wildman–Crippen LogP) is 14.5. The number of rotatable bonds is 4. The summed E-state index contributed by atoms with van der Waals surface area (Å²) in [6.45, 7) is 4.77. The highest BCUT2D eigenvalue weighted by atomic mass is 16.5. The molecule has 9 aromatic carbocycles. The van der Waals surface area contributed by atoms with E-state index in [2.05, 4.69) is 172 Å². The van der Waals surface area contributed by atoms with Crippen molar-refractivity contribution in [1.82, 2.24) is 0 Å². The number of ether oxygens (including phenoxy) is 1. The highest BCUT2D eigenvalue weighted by molar-refractivity contribution is 6.24. The molecule has 1 nitrogen and oxygen atoms in total. The molecular formula is C53H36O. The van der Waals surface area contributed by atoms with Gasteiger partial charge in [-0.3, -0.25) is 0 Å². The summed E-state index contributed by atoms with van der Waals surface area (Å²) in [4.78, 5) is 0. The van der Waals surface area contributed by atoms with Gasteiger partial charge in [0, 0.05) is 16.2 Å². The number of fused-ring (bicyclic) bond motifs is 3. The summed E-state index contributed by atoms with van der Waals surface area (Å²) in [6.07, 6.45) is 9.09. The van der Waals surface area contributed by atoms with E-state index in [9.17, 15) is 0 Å². The van der Waals surface area contributed by atoms with Gasteiger partial charge in [0.15, 0.2) is 0 Å². The Bertz CT molecular complexity index is 3120. The molecule has 0 radical (unpaired) electrons. The third-order valence-corrected chi connectivity index (χ3v) is 12.7. The molecule has 54 heavy (non-hydrogen) atoms. The monoisotopic (exact) mass is 688 g/mol. The Labute approximate surface area is 314 Å². The molecule has 0 heterocycles. The van der Waals surface area contributed by atoms with Gasteiger partial charge in [-0.15, -0.1) is 0 Å². The summed E-state index contributed by atoms with van der Waals surface area (Å²) in [7, 11) is 0. The molecule has 3 aliphatic carbocycles. The van der Waals surface area contributed by atoms with E-state index in [4.69, 9.17) is 4.74 Å². The molecule has 0 spiro atoms. The van der Waals surface area contributed by atoms with E-state index in [-0.39, 0.29) is 5.41 Å².